The first-order valence-corrected chi connectivity index (χ1v) is 8.89. The number of nitro groups is 1. The van der Waals surface area contributed by atoms with Gasteiger partial charge in [-0.2, -0.15) is 0 Å². The third kappa shape index (κ3) is 4.56. The van der Waals surface area contributed by atoms with Gasteiger partial charge in [0.15, 0.2) is 11.5 Å². The highest BCUT2D eigenvalue weighted by Gasteiger charge is 2.18. The van der Waals surface area contributed by atoms with Gasteiger partial charge in [0, 0.05) is 11.1 Å². The number of ether oxygens (including phenoxy) is 1. The Balaban J connectivity index is 1.69. The van der Waals surface area contributed by atoms with E-state index in [-0.39, 0.29) is 39.5 Å². The molecule has 7 nitrogen and oxygen atoms in total. The van der Waals surface area contributed by atoms with Crippen LogP contribution < -0.4 is 10.1 Å². The van der Waals surface area contributed by atoms with E-state index in [0.717, 1.165) is 0 Å². The molecule has 2 aromatic carbocycles. The van der Waals surface area contributed by atoms with Gasteiger partial charge in [0.25, 0.3) is 11.6 Å². The molecule has 1 heterocycles. The predicted molar refractivity (Wildman–Crippen MR) is 106 cm³/mol. The Hall–Kier alpha value is -2.74. The molecule has 0 aliphatic carbocycles. The Bertz CT molecular complexity index is 1030. The second-order valence-electron chi connectivity index (χ2n) is 5.48. The van der Waals surface area contributed by atoms with Crippen LogP contribution in [-0.2, 0) is 6.61 Å². The number of para-hydroxylation sites is 2. The molecule has 0 bridgehead atoms. The van der Waals surface area contributed by atoms with Gasteiger partial charge < -0.3 is 14.5 Å². The van der Waals surface area contributed by atoms with Crippen molar-refractivity contribution in [1.29, 1.82) is 0 Å². The summed E-state index contributed by atoms with van der Waals surface area (Å²) in [7, 11) is 0. The highest BCUT2D eigenvalue weighted by Crippen LogP contribution is 2.36. The maximum absolute atomic E-state index is 12.3. The van der Waals surface area contributed by atoms with Crippen LogP contribution in [0.4, 0.5) is 11.4 Å². The van der Waals surface area contributed by atoms with Crippen molar-refractivity contribution < 1.29 is 18.9 Å². The number of nitro benzene ring substituents is 1. The van der Waals surface area contributed by atoms with Crippen LogP contribution in [0.25, 0.3) is 0 Å². The fourth-order valence-electron chi connectivity index (χ4n) is 2.31. The summed E-state index contributed by atoms with van der Waals surface area (Å²) in [4.78, 5) is 22.7. The monoisotopic (exact) mass is 440 g/mol. The first-order chi connectivity index (χ1) is 13.3. The summed E-state index contributed by atoms with van der Waals surface area (Å²) >= 11 is 17.9. The number of nitrogens with zero attached hydrogens (tertiary/aromatic N) is 1. The molecular weight excluding hydrogens is 431 g/mol. The minimum atomic E-state index is -0.636. The SMILES string of the molecule is O=C(Nc1ccccc1[N+](=O)[O-])c1ccc(COc2c(Cl)cc(Cl)cc2Cl)o1. The summed E-state index contributed by atoms with van der Waals surface area (Å²) in [5, 5.41) is 14.3. The van der Waals surface area contributed by atoms with E-state index in [1.165, 1.54) is 42.5 Å². The Labute approximate surface area is 173 Å². The lowest BCUT2D eigenvalue weighted by atomic mass is 10.2. The molecule has 0 atom stereocenters. The van der Waals surface area contributed by atoms with E-state index < -0.39 is 10.8 Å². The number of hydrogen-bond acceptors (Lipinski definition) is 5. The van der Waals surface area contributed by atoms with Gasteiger partial charge in [-0.1, -0.05) is 46.9 Å². The molecular formula is C18H11Cl3N2O5. The molecule has 3 aromatic rings. The Kier molecular flexibility index (Phi) is 6.08. The Morgan fingerprint density at radius 1 is 1.11 bits per heavy atom. The number of halogens is 3. The summed E-state index contributed by atoms with van der Waals surface area (Å²) in [5.74, 6) is -0.113. The van der Waals surface area contributed by atoms with Gasteiger partial charge in [0.2, 0.25) is 0 Å². The fourth-order valence-corrected chi connectivity index (χ4v) is 3.24. The molecule has 0 fully saturated rings. The lowest BCUT2D eigenvalue weighted by molar-refractivity contribution is -0.383. The maximum atomic E-state index is 12.3. The molecule has 0 radical (unpaired) electrons. The van der Waals surface area contributed by atoms with E-state index in [1.54, 1.807) is 6.07 Å². The standard InChI is InChI=1S/C18H11Cl3N2O5/c19-10-7-12(20)17(13(21)8-10)27-9-11-5-6-16(28-11)18(24)22-14-3-1-2-4-15(14)23(25)26/h1-8H,9H2,(H,22,24). The van der Waals surface area contributed by atoms with Crippen molar-refractivity contribution in [1.82, 2.24) is 0 Å². The molecule has 28 heavy (non-hydrogen) atoms. The summed E-state index contributed by atoms with van der Waals surface area (Å²) in [5.41, 5.74) is -0.163. The third-order valence-corrected chi connectivity index (χ3v) is 4.34. The van der Waals surface area contributed by atoms with E-state index in [4.69, 9.17) is 44.0 Å². The molecule has 10 heteroatoms. The van der Waals surface area contributed by atoms with E-state index in [1.807, 2.05) is 0 Å². The summed E-state index contributed by atoms with van der Waals surface area (Å²) in [6.07, 6.45) is 0. The van der Waals surface area contributed by atoms with E-state index in [9.17, 15) is 14.9 Å². The average Bonchev–Trinajstić information content (AvgIpc) is 3.10. The van der Waals surface area contributed by atoms with Crippen molar-refractivity contribution in [2.75, 3.05) is 5.32 Å². The zero-order valence-corrected chi connectivity index (χ0v) is 16.2. The van der Waals surface area contributed by atoms with Crippen LogP contribution in [0.1, 0.15) is 16.3 Å². The van der Waals surface area contributed by atoms with Crippen LogP contribution in [0.5, 0.6) is 5.75 Å². The Morgan fingerprint density at radius 3 is 2.46 bits per heavy atom. The molecule has 0 saturated heterocycles. The van der Waals surface area contributed by atoms with Gasteiger partial charge in [-0.05, 0) is 30.3 Å². The number of benzene rings is 2. The molecule has 1 N–H and O–H groups in total. The number of anilines is 1. The number of furan rings is 1. The minimum Gasteiger partial charge on any atom is -0.483 e. The van der Waals surface area contributed by atoms with Gasteiger partial charge in [-0.15, -0.1) is 0 Å². The highest BCUT2D eigenvalue weighted by molar-refractivity contribution is 6.40. The Morgan fingerprint density at radius 2 is 1.79 bits per heavy atom. The minimum absolute atomic E-state index is 0.0370. The largest absolute Gasteiger partial charge is 0.483 e. The van der Waals surface area contributed by atoms with Gasteiger partial charge >= 0.3 is 0 Å². The average molecular weight is 442 g/mol. The van der Waals surface area contributed by atoms with E-state index in [2.05, 4.69) is 5.32 Å². The molecule has 0 aliphatic heterocycles. The van der Waals surface area contributed by atoms with E-state index >= 15 is 0 Å². The van der Waals surface area contributed by atoms with Crippen molar-refractivity contribution in [3.05, 3.63) is 85.2 Å². The van der Waals surface area contributed by atoms with Crippen LogP contribution in [0.15, 0.2) is 52.9 Å². The number of amides is 1. The smallest absolute Gasteiger partial charge is 0.292 e. The zero-order valence-electron chi connectivity index (χ0n) is 13.9. The lowest BCUT2D eigenvalue weighted by Crippen LogP contribution is -2.12. The topological polar surface area (TPSA) is 94.6 Å². The molecule has 0 unspecified atom stereocenters. The number of nitrogens with one attached hydrogen (secondary N) is 1. The summed E-state index contributed by atoms with van der Waals surface area (Å²) in [6, 6.07) is 11.7. The quantitative estimate of drug-likeness (QED) is 0.375. The number of carbonyl (C=O) groups is 1. The van der Waals surface area contributed by atoms with Gasteiger partial charge in [-0.25, -0.2) is 0 Å². The molecule has 1 amide bonds. The van der Waals surface area contributed by atoms with Gasteiger partial charge in [0.05, 0.1) is 15.0 Å². The van der Waals surface area contributed by atoms with Crippen LogP contribution in [0.3, 0.4) is 0 Å². The van der Waals surface area contributed by atoms with Gasteiger partial charge in [0.1, 0.15) is 18.1 Å². The normalized spacial score (nSPS) is 10.5. The lowest BCUT2D eigenvalue weighted by Gasteiger charge is -2.09. The summed E-state index contributed by atoms with van der Waals surface area (Å²) in [6.45, 7) is -0.0418. The van der Waals surface area contributed by atoms with Crippen molar-refractivity contribution in [3.63, 3.8) is 0 Å². The molecule has 3 rings (SSSR count). The van der Waals surface area contributed by atoms with Crippen molar-refractivity contribution in [3.8, 4) is 5.75 Å². The van der Waals surface area contributed by atoms with Crippen LogP contribution in [-0.4, -0.2) is 10.8 Å². The number of hydrogen-bond donors (Lipinski definition) is 1. The molecule has 0 aliphatic rings. The zero-order chi connectivity index (χ0) is 20.3. The molecule has 0 saturated carbocycles. The van der Waals surface area contributed by atoms with Gasteiger partial charge in [-0.3, -0.25) is 14.9 Å². The second kappa shape index (κ2) is 8.52. The first-order valence-electron chi connectivity index (χ1n) is 7.76. The summed E-state index contributed by atoms with van der Waals surface area (Å²) < 4.78 is 11.0. The van der Waals surface area contributed by atoms with Crippen molar-refractivity contribution >= 4 is 52.1 Å². The number of rotatable bonds is 6. The highest BCUT2D eigenvalue weighted by atomic mass is 35.5. The number of carbonyl (C=O) groups excluding carboxylic acids is 1. The van der Waals surface area contributed by atoms with Crippen LogP contribution in [0, 0.1) is 10.1 Å². The fraction of sp³-hybridized carbons (Fsp3) is 0.0556. The maximum Gasteiger partial charge on any atom is 0.292 e. The predicted octanol–water partition coefficient (Wildman–Crippen LogP) is 5.98. The second-order valence-corrected chi connectivity index (χ2v) is 6.73. The van der Waals surface area contributed by atoms with Crippen LogP contribution in [0.2, 0.25) is 15.1 Å². The molecule has 1 aromatic heterocycles. The first kappa shape index (κ1) is 20.0. The third-order valence-electron chi connectivity index (χ3n) is 3.56. The van der Waals surface area contributed by atoms with E-state index in [0.29, 0.717) is 10.8 Å². The van der Waals surface area contributed by atoms with Crippen LogP contribution >= 0.6 is 34.8 Å². The van der Waals surface area contributed by atoms with Crippen molar-refractivity contribution in [2.24, 2.45) is 0 Å². The molecule has 144 valence electrons. The molecule has 0 spiro atoms. The van der Waals surface area contributed by atoms with Crippen molar-refractivity contribution in [2.45, 2.75) is 6.61 Å².